The van der Waals surface area contributed by atoms with Crippen molar-refractivity contribution < 1.29 is 22.3 Å². The lowest BCUT2D eigenvalue weighted by Crippen LogP contribution is -2.43. The van der Waals surface area contributed by atoms with Crippen LogP contribution < -0.4 is 10.5 Å². The van der Waals surface area contributed by atoms with E-state index in [0.717, 1.165) is 29.3 Å². The highest BCUT2D eigenvalue weighted by Crippen LogP contribution is 2.37. The molecule has 1 heterocycles. The van der Waals surface area contributed by atoms with Gasteiger partial charge in [-0.05, 0) is 29.3 Å². The van der Waals surface area contributed by atoms with E-state index in [1.807, 2.05) is 41.3 Å². The fourth-order valence-corrected chi connectivity index (χ4v) is 4.74. The predicted octanol–water partition coefficient (Wildman–Crippen LogP) is 6.32. The maximum atomic E-state index is 14.6. The van der Waals surface area contributed by atoms with E-state index in [4.69, 9.17) is 22.1 Å². The van der Waals surface area contributed by atoms with E-state index in [1.54, 1.807) is 23.2 Å². The van der Waals surface area contributed by atoms with Crippen LogP contribution in [0.1, 0.15) is 28.3 Å². The molecule has 0 aliphatic carbocycles. The van der Waals surface area contributed by atoms with Gasteiger partial charge in [0.2, 0.25) is 0 Å². The van der Waals surface area contributed by atoms with Gasteiger partial charge in [-0.25, -0.2) is 4.39 Å². The molecule has 1 aliphatic rings. The average molecular weight is 520 g/mol. The molecule has 36 heavy (non-hydrogen) atoms. The summed E-state index contributed by atoms with van der Waals surface area (Å²) in [7, 11) is 1.51. The average Bonchev–Trinajstić information content (AvgIpc) is 2.85. The predicted molar refractivity (Wildman–Crippen MR) is 133 cm³/mol. The molecule has 9 heteroatoms. The van der Waals surface area contributed by atoms with Gasteiger partial charge in [-0.3, -0.25) is 4.90 Å². The van der Waals surface area contributed by atoms with Gasteiger partial charge in [0.25, 0.3) is 0 Å². The number of ether oxygens (including phenoxy) is 1. The van der Waals surface area contributed by atoms with Crippen molar-refractivity contribution >= 4 is 17.2 Å². The highest BCUT2D eigenvalue weighted by atomic mass is 35.5. The molecule has 1 aliphatic heterocycles. The molecule has 2 N–H and O–H groups in total. The number of alkyl halides is 3. The highest BCUT2D eigenvalue weighted by molar-refractivity contribution is 6.33. The zero-order valence-corrected chi connectivity index (χ0v) is 20.4. The lowest BCUT2D eigenvalue weighted by molar-refractivity contribution is -0.138. The standard InChI is InChI=1S/C27H26ClF4N3O/c1-36-25-12-5-9-20(26(25)28)19-13-34(15-21-22(27(30,31)32)10-6-11-23(21)29)17-35(14-19)16-24(33)18-7-3-2-4-8-18/h2-13,24H,14-17,33H2,1H3/t24-/m0/s1. The molecule has 0 aromatic heterocycles. The van der Waals surface area contributed by atoms with Crippen molar-refractivity contribution in [3.8, 4) is 5.75 Å². The first-order chi connectivity index (χ1) is 17.2. The van der Waals surface area contributed by atoms with Crippen LogP contribution >= 0.6 is 11.6 Å². The van der Waals surface area contributed by atoms with Crippen molar-refractivity contribution in [1.82, 2.24) is 9.80 Å². The molecule has 4 nitrogen and oxygen atoms in total. The molecular formula is C27H26ClF4N3O. The minimum atomic E-state index is -4.68. The third-order valence-corrected chi connectivity index (χ3v) is 6.50. The van der Waals surface area contributed by atoms with Crippen molar-refractivity contribution in [1.29, 1.82) is 0 Å². The topological polar surface area (TPSA) is 41.7 Å². The molecule has 0 spiro atoms. The number of hydrogen-bond acceptors (Lipinski definition) is 4. The lowest BCUT2D eigenvalue weighted by Gasteiger charge is -2.37. The van der Waals surface area contributed by atoms with Gasteiger partial charge in [-0.2, -0.15) is 13.2 Å². The SMILES string of the molecule is COc1cccc(C2=CN(Cc3c(F)cccc3C(F)(F)F)CN(C[C@H](N)c3ccccc3)C2)c1Cl. The van der Waals surface area contributed by atoms with Crippen molar-refractivity contribution in [2.24, 2.45) is 5.73 Å². The number of halogens is 5. The van der Waals surface area contributed by atoms with Gasteiger partial charge >= 0.3 is 6.18 Å². The summed E-state index contributed by atoms with van der Waals surface area (Å²) in [5.41, 5.74) is 7.43. The van der Waals surface area contributed by atoms with Crippen LogP contribution in [-0.4, -0.2) is 36.7 Å². The largest absolute Gasteiger partial charge is 0.495 e. The van der Waals surface area contributed by atoms with Crippen LogP contribution in [0.25, 0.3) is 5.57 Å². The Balaban J connectivity index is 1.69. The molecule has 1 atom stereocenters. The smallest absolute Gasteiger partial charge is 0.416 e. The van der Waals surface area contributed by atoms with Crippen LogP contribution in [0.5, 0.6) is 5.75 Å². The zero-order chi connectivity index (χ0) is 25.9. The molecule has 3 aromatic rings. The first-order valence-corrected chi connectivity index (χ1v) is 11.7. The summed E-state index contributed by atoms with van der Waals surface area (Å²) in [5, 5.41) is 0.391. The summed E-state index contributed by atoms with van der Waals surface area (Å²) < 4.78 is 60.9. The Hall–Kier alpha value is -3.07. The highest BCUT2D eigenvalue weighted by Gasteiger charge is 2.35. The van der Waals surface area contributed by atoms with Gasteiger partial charge < -0.3 is 15.4 Å². The Morgan fingerprint density at radius 3 is 2.44 bits per heavy atom. The molecule has 0 saturated carbocycles. The second kappa shape index (κ2) is 10.9. The monoisotopic (exact) mass is 519 g/mol. The van der Waals surface area contributed by atoms with E-state index in [9.17, 15) is 17.6 Å². The molecule has 0 fully saturated rings. The normalized spacial score (nSPS) is 15.5. The number of hydrogen-bond donors (Lipinski definition) is 1. The molecular weight excluding hydrogens is 494 g/mol. The van der Waals surface area contributed by atoms with Gasteiger partial charge in [0.05, 0.1) is 24.4 Å². The quantitative estimate of drug-likeness (QED) is 0.371. The van der Waals surface area contributed by atoms with E-state index in [-0.39, 0.29) is 19.3 Å². The molecule has 0 radical (unpaired) electrons. The van der Waals surface area contributed by atoms with E-state index in [2.05, 4.69) is 0 Å². The molecule has 0 unspecified atom stereocenters. The summed E-state index contributed by atoms with van der Waals surface area (Å²) in [6.07, 6.45) is -2.94. The first kappa shape index (κ1) is 26.0. The van der Waals surface area contributed by atoms with Gasteiger partial charge in [-0.1, -0.05) is 60.1 Å². The van der Waals surface area contributed by atoms with Crippen LogP contribution in [0.15, 0.2) is 72.9 Å². The molecule has 0 saturated heterocycles. The third-order valence-electron chi connectivity index (χ3n) is 6.11. The van der Waals surface area contributed by atoms with E-state index < -0.39 is 23.1 Å². The van der Waals surface area contributed by atoms with E-state index in [0.29, 0.717) is 29.4 Å². The summed E-state index contributed by atoms with van der Waals surface area (Å²) in [6.45, 7) is 0.872. The molecule has 4 rings (SSSR count). The van der Waals surface area contributed by atoms with Crippen molar-refractivity contribution in [2.45, 2.75) is 18.8 Å². The van der Waals surface area contributed by atoms with Gasteiger partial charge in [0, 0.05) is 43.0 Å². The Morgan fingerprint density at radius 2 is 1.75 bits per heavy atom. The second-order valence-electron chi connectivity index (χ2n) is 8.66. The number of nitrogens with zero attached hydrogens (tertiary/aromatic N) is 2. The minimum absolute atomic E-state index is 0.261. The first-order valence-electron chi connectivity index (χ1n) is 11.3. The van der Waals surface area contributed by atoms with Crippen LogP contribution in [0.2, 0.25) is 5.02 Å². The van der Waals surface area contributed by atoms with Crippen molar-refractivity contribution in [3.63, 3.8) is 0 Å². The molecule has 3 aromatic carbocycles. The van der Waals surface area contributed by atoms with Crippen molar-refractivity contribution in [2.75, 3.05) is 26.9 Å². The lowest BCUT2D eigenvalue weighted by atomic mass is 10.0. The third kappa shape index (κ3) is 5.83. The number of rotatable bonds is 7. The summed E-state index contributed by atoms with van der Waals surface area (Å²) in [5.74, 6) is -0.425. The number of nitrogens with two attached hydrogens (primary N) is 1. The summed E-state index contributed by atoms with van der Waals surface area (Å²) in [4.78, 5) is 3.66. The van der Waals surface area contributed by atoms with Crippen molar-refractivity contribution in [3.05, 3.63) is 106 Å². The summed E-state index contributed by atoms with van der Waals surface area (Å²) in [6, 6.07) is 17.6. The van der Waals surface area contributed by atoms with E-state index in [1.165, 1.54) is 7.11 Å². The van der Waals surface area contributed by atoms with Gasteiger partial charge in [-0.15, -0.1) is 0 Å². The fraction of sp³-hybridized carbons (Fsp3) is 0.259. The Kier molecular flexibility index (Phi) is 7.88. The Labute approximate surface area is 212 Å². The zero-order valence-electron chi connectivity index (χ0n) is 19.6. The van der Waals surface area contributed by atoms with E-state index >= 15 is 0 Å². The van der Waals surface area contributed by atoms with Gasteiger partial charge in [0.1, 0.15) is 11.6 Å². The molecule has 0 amide bonds. The Bertz CT molecular complexity index is 1230. The Morgan fingerprint density at radius 1 is 1.03 bits per heavy atom. The van der Waals surface area contributed by atoms with Crippen LogP contribution in [0.3, 0.4) is 0 Å². The minimum Gasteiger partial charge on any atom is -0.495 e. The van der Waals surface area contributed by atoms with Crippen LogP contribution in [0.4, 0.5) is 17.6 Å². The summed E-state index contributed by atoms with van der Waals surface area (Å²) >= 11 is 6.57. The second-order valence-corrected chi connectivity index (χ2v) is 9.03. The number of methoxy groups -OCH3 is 1. The molecule has 190 valence electrons. The van der Waals surface area contributed by atoms with Crippen LogP contribution in [0, 0.1) is 5.82 Å². The maximum Gasteiger partial charge on any atom is 0.416 e. The fourth-order valence-electron chi connectivity index (χ4n) is 4.41. The molecule has 0 bridgehead atoms. The maximum absolute atomic E-state index is 14.6. The van der Waals surface area contributed by atoms with Crippen LogP contribution in [-0.2, 0) is 12.7 Å². The van der Waals surface area contributed by atoms with Gasteiger partial charge in [0.15, 0.2) is 0 Å². The number of benzene rings is 3.